The summed E-state index contributed by atoms with van der Waals surface area (Å²) < 4.78 is 5.05. The Balaban J connectivity index is 2.66. The zero-order valence-electron chi connectivity index (χ0n) is 10.4. The molecule has 0 spiro atoms. The Morgan fingerprint density at radius 2 is 2.05 bits per heavy atom. The molecule has 1 aromatic rings. The molecule has 0 heterocycles. The van der Waals surface area contributed by atoms with Crippen molar-refractivity contribution in [1.82, 2.24) is 5.32 Å². The van der Waals surface area contributed by atoms with Crippen molar-refractivity contribution in [2.75, 3.05) is 19.0 Å². The number of rotatable bonds is 6. The first-order valence-corrected chi connectivity index (χ1v) is 5.62. The first kappa shape index (κ1) is 14.8. The minimum atomic E-state index is -1.20. The first-order valence-electron chi connectivity index (χ1n) is 5.62. The normalized spacial score (nSPS) is 11.5. The van der Waals surface area contributed by atoms with Crippen molar-refractivity contribution in [3.05, 3.63) is 24.3 Å². The van der Waals surface area contributed by atoms with Gasteiger partial charge in [0.15, 0.2) is 0 Å². The van der Waals surface area contributed by atoms with Crippen LogP contribution in [0.25, 0.3) is 0 Å². The largest absolute Gasteiger partial charge is 0.495 e. The average molecular weight is 268 g/mol. The number of carboxylic acids is 1. The number of methoxy groups -OCH3 is 1. The third kappa shape index (κ3) is 4.47. The van der Waals surface area contributed by atoms with Crippen molar-refractivity contribution in [3.63, 3.8) is 0 Å². The summed E-state index contributed by atoms with van der Waals surface area (Å²) in [5.74, 6) is -0.740. The number of aliphatic hydroxyl groups is 1. The maximum atomic E-state index is 11.6. The monoisotopic (exact) mass is 268 g/mol. The van der Waals surface area contributed by atoms with E-state index in [4.69, 9.17) is 14.9 Å². The maximum absolute atomic E-state index is 11.6. The van der Waals surface area contributed by atoms with Crippen LogP contribution in [0, 0.1) is 0 Å². The van der Waals surface area contributed by atoms with E-state index >= 15 is 0 Å². The minimum absolute atomic E-state index is 0.0608. The van der Waals surface area contributed by atoms with Crippen molar-refractivity contribution < 1.29 is 24.5 Å². The van der Waals surface area contributed by atoms with Gasteiger partial charge in [0, 0.05) is 13.0 Å². The molecule has 104 valence electrons. The van der Waals surface area contributed by atoms with E-state index in [-0.39, 0.29) is 13.0 Å². The van der Waals surface area contributed by atoms with Gasteiger partial charge in [0.2, 0.25) is 0 Å². The number of aliphatic carboxylic acids is 1. The molecule has 1 aromatic carbocycles. The fraction of sp³-hybridized carbons (Fsp3) is 0.333. The van der Waals surface area contributed by atoms with E-state index in [0.717, 1.165) is 0 Å². The topological polar surface area (TPSA) is 108 Å². The second kappa shape index (κ2) is 7.22. The highest BCUT2D eigenvalue weighted by Gasteiger charge is 2.19. The van der Waals surface area contributed by atoms with Gasteiger partial charge < -0.3 is 25.6 Å². The van der Waals surface area contributed by atoms with Gasteiger partial charge in [-0.2, -0.15) is 0 Å². The van der Waals surface area contributed by atoms with Crippen LogP contribution in [-0.4, -0.2) is 42.0 Å². The van der Waals surface area contributed by atoms with Gasteiger partial charge in [-0.05, 0) is 12.1 Å². The highest BCUT2D eigenvalue weighted by atomic mass is 16.5. The lowest BCUT2D eigenvalue weighted by molar-refractivity contribution is -0.139. The molecule has 1 rings (SSSR count). The third-order valence-corrected chi connectivity index (χ3v) is 2.38. The molecule has 2 amide bonds. The number of amides is 2. The van der Waals surface area contributed by atoms with E-state index < -0.39 is 18.0 Å². The van der Waals surface area contributed by atoms with Gasteiger partial charge in [0.25, 0.3) is 0 Å². The zero-order chi connectivity index (χ0) is 14.3. The Labute approximate surface area is 110 Å². The summed E-state index contributed by atoms with van der Waals surface area (Å²) in [6, 6.07) is 4.93. The average Bonchev–Trinajstić information content (AvgIpc) is 2.38. The lowest BCUT2D eigenvalue weighted by Crippen LogP contribution is -2.43. The summed E-state index contributed by atoms with van der Waals surface area (Å²) in [4.78, 5) is 22.5. The van der Waals surface area contributed by atoms with E-state index in [1.807, 2.05) is 0 Å². The molecule has 0 aliphatic heterocycles. The molecule has 1 atom stereocenters. The van der Waals surface area contributed by atoms with Gasteiger partial charge >= 0.3 is 12.0 Å². The third-order valence-electron chi connectivity index (χ3n) is 2.38. The van der Waals surface area contributed by atoms with Crippen LogP contribution in [0.4, 0.5) is 10.5 Å². The Morgan fingerprint density at radius 1 is 1.37 bits per heavy atom. The first-order chi connectivity index (χ1) is 9.08. The smallest absolute Gasteiger partial charge is 0.326 e. The van der Waals surface area contributed by atoms with Crippen molar-refractivity contribution in [2.24, 2.45) is 0 Å². The number of urea groups is 1. The van der Waals surface area contributed by atoms with Crippen LogP contribution in [0.5, 0.6) is 5.75 Å². The quantitative estimate of drug-likeness (QED) is 0.606. The number of nitrogens with one attached hydrogen (secondary N) is 2. The predicted molar refractivity (Wildman–Crippen MR) is 68.3 cm³/mol. The van der Waals surface area contributed by atoms with E-state index in [2.05, 4.69) is 10.6 Å². The number of ether oxygens (including phenoxy) is 1. The molecule has 0 bridgehead atoms. The summed E-state index contributed by atoms with van der Waals surface area (Å²) in [6.45, 7) is -0.327. The highest BCUT2D eigenvalue weighted by molar-refractivity contribution is 5.93. The SMILES string of the molecule is COc1ccccc1NC(=O)N[C@H](CCO)C(=O)O. The molecular formula is C12H16N2O5. The summed E-state index contributed by atoms with van der Waals surface area (Å²) in [6.07, 6.45) is -0.0608. The van der Waals surface area contributed by atoms with Crippen LogP contribution < -0.4 is 15.4 Å². The lowest BCUT2D eigenvalue weighted by Gasteiger charge is -2.15. The molecule has 0 saturated carbocycles. The lowest BCUT2D eigenvalue weighted by atomic mass is 10.2. The fourth-order valence-corrected chi connectivity index (χ4v) is 1.45. The Hall–Kier alpha value is -2.28. The van der Waals surface area contributed by atoms with Crippen LogP contribution in [0.15, 0.2) is 24.3 Å². The van der Waals surface area contributed by atoms with Gasteiger partial charge in [0.1, 0.15) is 11.8 Å². The summed E-state index contributed by atoms with van der Waals surface area (Å²) in [5.41, 5.74) is 0.427. The van der Waals surface area contributed by atoms with Crippen LogP contribution in [0.1, 0.15) is 6.42 Å². The highest BCUT2D eigenvalue weighted by Crippen LogP contribution is 2.22. The summed E-state index contributed by atoms with van der Waals surface area (Å²) in [5, 5.41) is 22.3. The van der Waals surface area contributed by atoms with Crippen molar-refractivity contribution >= 4 is 17.7 Å². The van der Waals surface area contributed by atoms with Gasteiger partial charge in [-0.1, -0.05) is 12.1 Å². The molecule has 0 radical (unpaired) electrons. The van der Waals surface area contributed by atoms with Crippen molar-refractivity contribution in [1.29, 1.82) is 0 Å². The molecular weight excluding hydrogens is 252 g/mol. The van der Waals surface area contributed by atoms with Crippen LogP contribution in [-0.2, 0) is 4.79 Å². The number of carbonyl (C=O) groups is 2. The number of hydrogen-bond donors (Lipinski definition) is 4. The van der Waals surface area contributed by atoms with Crippen molar-refractivity contribution in [2.45, 2.75) is 12.5 Å². The number of benzene rings is 1. The Morgan fingerprint density at radius 3 is 2.63 bits per heavy atom. The van der Waals surface area contributed by atoms with E-state index in [1.165, 1.54) is 7.11 Å². The van der Waals surface area contributed by atoms with E-state index in [1.54, 1.807) is 24.3 Å². The standard InChI is InChI=1S/C12H16N2O5/c1-19-10-5-3-2-4-8(10)13-12(18)14-9(6-7-15)11(16)17/h2-5,9,15H,6-7H2,1H3,(H,16,17)(H2,13,14,18)/t9-/m1/s1. The molecule has 4 N–H and O–H groups in total. The molecule has 7 heteroatoms. The molecule has 0 aliphatic carbocycles. The summed E-state index contributed by atoms with van der Waals surface area (Å²) in [7, 11) is 1.46. The molecule has 0 aromatic heterocycles. The maximum Gasteiger partial charge on any atom is 0.326 e. The van der Waals surface area contributed by atoms with Crippen LogP contribution in [0.3, 0.4) is 0 Å². The number of para-hydroxylation sites is 2. The second-order valence-electron chi connectivity index (χ2n) is 3.70. The molecule has 0 fully saturated rings. The van der Waals surface area contributed by atoms with E-state index in [0.29, 0.717) is 11.4 Å². The summed E-state index contributed by atoms with van der Waals surface area (Å²) >= 11 is 0. The van der Waals surface area contributed by atoms with Crippen LogP contribution in [0.2, 0.25) is 0 Å². The van der Waals surface area contributed by atoms with Crippen LogP contribution >= 0.6 is 0 Å². The Kier molecular flexibility index (Phi) is 5.62. The molecule has 0 unspecified atom stereocenters. The molecule has 19 heavy (non-hydrogen) atoms. The second-order valence-corrected chi connectivity index (χ2v) is 3.70. The van der Waals surface area contributed by atoms with Crippen molar-refractivity contribution in [3.8, 4) is 5.75 Å². The van der Waals surface area contributed by atoms with Gasteiger partial charge in [-0.15, -0.1) is 0 Å². The molecule has 7 nitrogen and oxygen atoms in total. The number of hydrogen-bond acceptors (Lipinski definition) is 4. The minimum Gasteiger partial charge on any atom is -0.495 e. The van der Waals surface area contributed by atoms with Gasteiger partial charge in [-0.3, -0.25) is 0 Å². The number of carbonyl (C=O) groups excluding carboxylic acids is 1. The fourth-order valence-electron chi connectivity index (χ4n) is 1.45. The number of aliphatic hydroxyl groups excluding tert-OH is 1. The predicted octanol–water partition coefficient (Wildman–Crippen LogP) is 0.652. The molecule has 0 aliphatic rings. The number of carboxylic acid groups (broad SMARTS) is 1. The van der Waals surface area contributed by atoms with Gasteiger partial charge in [-0.25, -0.2) is 9.59 Å². The molecule has 0 saturated heterocycles. The van der Waals surface area contributed by atoms with Gasteiger partial charge in [0.05, 0.1) is 12.8 Å². The zero-order valence-corrected chi connectivity index (χ0v) is 10.4. The number of anilines is 1. The van der Waals surface area contributed by atoms with E-state index in [9.17, 15) is 9.59 Å². The Bertz CT molecular complexity index is 450.